The van der Waals surface area contributed by atoms with Crippen LogP contribution in [-0.2, 0) is 11.2 Å². The van der Waals surface area contributed by atoms with Crippen LogP contribution in [0.1, 0.15) is 43.1 Å². The van der Waals surface area contributed by atoms with Gasteiger partial charge in [0.2, 0.25) is 17.6 Å². The van der Waals surface area contributed by atoms with Crippen LogP contribution in [0.3, 0.4) is 0 Å². The van der Waals surface area contributed by atoms with Crippen molar-refractivity contribution in [2.45, 2.75) is 50.1 Å². The van der Waals surface area contributed by atoms with E-state index < -0.39 is 0 Å². The van der Waals surface area contributed by atoms with Crippen LogP contribution in [0.25, 0.3) is 11.4 Å². The van der Waals surface area contributed by atoms with Crippen LogP contribution in [0.4, 0.5) is 4.39 Å². The van der Waals surface area contributed by atoms with Gasteiger partial charge < -0.3 is 9.42 Å². The Labute approximate surface area is 167 Å². The van der Waals surface area contributed by atoms with E-state index in [2.05, 4.69) is 15.1 Å². The number of hydrogen-bond acceptors (Lipinski definition) is 5. The van der Waals surface area contributed by atoms with Crippen LogP contribution in [0.2, 0.25) is 0 Å². The molecule has 4 heterocycles. The Hall–Kier alpha value is -3.09. The predicted molar refractivity (Wildman–Crippen MR) is 103 cm³/mol. The summed E-state index contributed by atoms with van der Waals surface area (Å²) in [7, 11) is 0. The van der Waals surface area contributed by atoms with Gasteiger partial charge >= 0.3 is 0 Å². The van der Waals surface area contributed by atoms with E-state index in [0.717, 1.165) is 36.8 Å². The summed E-state index contributed by atoms with van der Waals surface area (Å²) in [5.74, 6) is 1.14. The first kappa shape index (κ1) is 18.0. The Balaban J connectivity index is 1.29. The molecule has 1 unspecified atom stereocenters. The Morgan fingerprint density at radius 1 is 1.14 bits per heavy atom. The largest absolute Gasteiger partial charge is 0.339 e. The van der Waals surface area contributed by atoms with Crippen molar-refractivity contribution in [3.63, 3.8) is 0 Å². The van der Waals surface area contributed by atoms with Gasteiger partial charge in [-0.3, -0.25) is 9.78 Å². The number of halogens is 1. The lowest BCUT2D eigenvalue weighted by molar-refractivity contribution is -0.135. The maximum absolute atomic E-state index is 13.4. The quantitative estimate of drug-likeness (QED) is 0.676. The monoisotopic (exact) mass is 392 g/mol. The summed E-state index contributed by atoms with van der Waals surface area (Å²) < 4.78 is 19.0. The number of pyridine rings is 1. The average molecular weight is 392 g/mol. The minimum atomic E-state index is -0.307. The molecule has 2 fully saturated rings. The summed E-state index contributed by atoms with van der Waals surface area (Å²) in [5, 5.41) is 4.12. The molecule has 2 saturated heterocycles. The van der Waals surface area contributed by atoms with E-state index in [1.54, 1.807) is 24.5 Å². The highest BCUT2D eigenvalue weighted by Gasteiger charge is 2.44. The SMILES string of the molecule is O=C(Cc1cccc(F)c1)N1[C@@H]2CC[C@H]1CC(c1nc(-c3ccncc3)no1)C2. The first-order valence-corrected chi connectivity index (χ1v) is 9.97. The molecule has 7 heteroatoms. The first-order valence-electron chi connectivity index (χ1n) is 9.97. The molecule has 0 spiro atoms. The summed E-state index contributed by atoms with van der Waals surface area (Å²) in [6.45, 7) is 0. The van der Waals surface area contributed by atoms with E-state index in [4.69, 9.17) is 4.52 Å². The van der Waals surface area contributed by atoms with Gasteiger partial charge in [0.1, 0.15) is 5.82 Å². The van der Waals surface area contributed by atoms with Crippen molar-refractivity contribution in [3.8, 4) is 11.4 Å². The van der Waals surface area contributed by atoms with Crippen molar-refractivity contribution < 1.29 is 13.7 Å². The molecule has 2 aliphatic rings. The maximum Gasteiger partial charge on any atom is 0.230 e. The number of nitrogens with zero attached hydrogens (tertiary/aromatic N) is 4. The van der Waals surface area contributed by atoms with Crippen LogP contribution in [0.15, 0.2) is 53.3 Å². The fraction of sp³-hybridized carbons (Fsp3) is 0.364. The number of carbonyl (C=O) groups excluding carboxylic acids is 1. The fourth-order valence-corrected chi connectivity index (χ4v) is 4.72. The molecule has 6 nitrogen and oxygen atoms in total. The number of amides is 1. The zero-order valence-electron chi connectivity index (χ0n) is 15.9. The zero-order chi connectivity index (χ0) is 19.8. The fourth-order valence-electron chi connectivity index (χ4n) is 4.72. The van der Waals surface area contributed by atoms with Gasteiger partial charge in [-0.15, -0.1) is 0 Å². The normalized spacial score (nSPS) is 23.3. The van der Waals surface area contributed by atoms with Crippen molar-refractivity contribution in [2.75, 3.05) is 0 Å². The summed E-state index contributed by atoms with van der Waals surface area (Å²) in [6, 6.07) is 10.3. The first-order chi connectivity index (χ1) is 14.2. The summed E-state index contributed by atoms with van der Waals surface area (Å²) >= 11 is 0. The number of benzene rings is 1. The van der Waals surface area contributed by atoms with Crippen LogP contribution in [-0.4, -0.2) is 38.0 Å². The highest BCUT2D eigenvalue weighted by Crippen LogP contribution is 2.43. The molecule has 5 rings (SSSR count). The number of carbonyl (C=O) groups is 1. The van der Waals surface area contributed by atoms with E-state index >= 15 is 0 Å². The molecule has 3 aromatic rings. The van der Waals surface area contributed by atoms with E-state index in [9.17, 15) is 9.18 Å². The standard InChI is InChI=1S/C22H21FN4O2/c23-17-3-1-2-14(10-17)11-20(28)27-18-4-5-19(27)13-16(12-18)22-25-21(26-29-22)15-6-8-24-9-7-15/h1-3,6-10,16,18-19H,4-5,11-13H2/t16?,18-,19+. The highest BCUT2D eigenvalue weighted by atomic mass is 19.1. The molecule has 0 aliphatic carbocycles. The second-order valence-corrected chi connectivity index (χ2v) is 7.85. The molecule has 3 atom stereocenters. The molecular weight excluding hydrogens is 371 g/mol. The third-order valence-corrected chi connectivity index (χ3v) is 5.99. The van der Waals surface area contributed by atoms with Gasteiger partial charge in [-0.05, 0) is 55.5 Å². The van der Waals surface area contributed by atoms with Crippen LogP contribution < -0.4 is 0 Å². The van der Waals surface area contributed by atoms with Gasteiger partial charge in [-0.25, -0.2) is 4.39 Å². The smallest absolute Gasteiger partial charge is 0.230 e. The minimum absolute atomic E-state index is 0.0737. The molecule has 148 valence electrons. The van der Waals surface area contributed by atoms with Gasteiger partial charge in [0.05, 0.1) is 6.42 Å². The Kier molecular flexibility index (Phi) is 4.58. The lowest BCUT2D eigenvalue weighted by Gasteiger charge is -2.38. The molecule has 2 aliphatic heterocycles. The number of fused-ring (bicyclic) bond motifs is 2. The Morgan fingerprint density at radius 3 is 2.62 bits per heavy atom. The molecule has 0 saturated carbocycles. The Bertz CT molecular complexity index is 1010. The summed E-state index contributed by atoms with van der Waals surface area (Å²) in [5.41, 5.74) is 1.59. The minimum Gasteiger partial charge on any atom is -0.339 e. The number of rotatable bonds is 4. The van der Waals surface area contributed by atoms with E-state index in [0.29, 0.717) is 11.7 Å². The van der Waals surface area contributed by atoms with Crippen LogP contribution >= 0.6 is 0 Å². The van der Waals surface area contributed by atoms with Crippen LogP contribution in [0, 0.1) is 5.82 Å². The van der Waals surface area contributed by atoms with E-state index in [1.807, 2.05) is 17.0 Å². The van der Waals surface area contributed by atoms with Gasteiger partial charge in [0, 0.05) is 36.0 Å². The van der Waals surface area contributed by atoms with Gasteiger partial charge in [0.15, 0.2) is 0 Å². The molecule has 0 N–H and O–H groups in total. The van der Waals surface area contributed by atoms with E-state index in [-0.39, 0.29) is 36.1 Å². The molecule has 1 aromatic carbocycles. The van der Waals surface area contributed by atoms with Crippen molar-refractivity contribution in [3.05, 3.63) is 66.1 Å². The molecule has 2 aromatic heterocycles. The average Bonchev–Trinajstić information content (AvgIpc) is 3.32. The molecular formula is C22H21FN4O2. The summed E-state index contributed by atoms with van der Waals surface area (Å²) in [4.78, 5) is 23.5. The van der Waals surface area contributed by atoms with Crippen molar-refractivity contribution in [1.29, 1.82) is 0 Å². The lowest BCUT2D eigenvalue weighted by atomic mass is 9.90. The van der Waals surface area contributed by atoms with Crippen molar-refractivity contribution in [1.82, 2.24) is 20.0 Å². The molecule has 1 amide bonds. The van der Waals surface area contributed by atoms with Crippen molar-refractivity contribution in [2.24, 2.45) is 0 Å². The zero-order valence-corrected chi connectivity index (χ0v) is 15.9. The number of aromatic nitrogens is 3. The van der Waals surface area contributed by atoms with Crippen molar-refractivity contribution >= 4 is 5.91 Å². The van der Waals surface area contributed by atoms with E-state index in [1.165, 1.54) is 12.1 Å². The lowest BCUT2D eigenvalue weighted by Crippen LogP contribution is -2.46. The van der Waals surface area contributed by atoms with Crippen LogP contribution in [0.5, 0.6) is 0 Å². The Morgan fingerprint density at radius 2 is 1.90 bits per heavy atom. The molecule has 2 bridgehead atoms. The van der Waals surface area contributed by atoms with Gasteiger partial charge in [-0.2, -0.15) is 4.98 Å². The highest BCUT2D eigenvalue weighted by molar-refractivity contribution is 5.80. The third-order valence-electron chi connectivity index (χ3n) is 5.99. The van der Waals surface area contributed by atoms with Gasteiger partial charge in [-0.1, -0.05) is 17.3 Å². The third kappa shape index (κ3) is 3.52. The van der Waals surface area contributed by atoms with Gasteiger partial charge in [0.25, 0.3) is 0 Å². The number of hydrogen-bond donors (Lipinski definition) is 0. The maximum atomic E-state index is 13.4. The molecule has 0 radical (unpaired) electrons. The predicted octanol–water partition coefficient (Wildman–Crippen LogP) is 3.75. The topological polar surface area (TPSA) is 72.1 Å². The second-order valence-electron chi connectivity index (χ2n) is 7.85. The summed E-state index contributed by atoms with van der Waals surface area (Å²) in [6.07, 6.45) is 7.26. The second kappa shape index (κ2) is 7.39. The number of piperidine rings is 1. The molecule has 29 heavy (non-hydrogen) atoms.